The van der Waals surface area contributed by atoms with Crippen molar-refractivity contribution < 1.29 is 9.59 Å². The number of benzene rings is 3. The molecule has 0 aromatic heterocycles. The fourth-order valence-electron chi connectivity index (χ4n) is 3.78. The third-order valence-electron chi connectivity index (χ3n) is 5.46. The van der Waals surface area contributed by atoms with Gasteiger partial charge < -0.3 is 0 Å². The Morgan fingerprint density at radius 3 is 2.23 bits per heavy atom. The van der Waals surface area contributed by atoms with E-state index in [2.05, 4.69) is 12.2 Å². The number of rotatable bonds is 6. The molecular formula is C29H24O2. The first-order chi connectivity index (χ1) is 15.2. The Bertz CT molecular complexity index is 1170. The van der Waals surface area contributed by atoms with Crippen molar-refractivity contribution in [3.63, 3.8) is 0 Å². The van der Waals surface area contributed by atoms with E-state index < -0.39 is 0 Å². The van der Waals surface area contributed by atoms with Gasteiger partial charge >= 0.3 is 0 Å². The molecule has 0 fully saturated rings. The molecule has 0 unspecified atom stereocenters. The van der Waals surface area contributed by atoms with Crippen molar-refractivity contribution in [3.8, 4) is 11.1 Å². The summed E-state index contributed by atoms with van der Waals surface area (Å²) in [5.41, 5.74) is 6.19. The van der Waals surface area contributed by atoms with Gasteiger partial charge in [-0.05, 0) is 52.8 Å². The molecule has 0 saturated carbocycles. The Kier molecular flexibility index (Phi) is 6.49. The lowest BCUT2D eigenvalue weighted by atomic mass is 9.92. The normalized spacial score (nSPS) is 14.6. The fourth-order valence-corrected chi connectivity index (χ4v) is 3.78. The molecule has 2 nitrogen and oxygen atoms in total. The zero-order valence-electron chi connectivity index (χ0n) is 17.3. The lowest BCUT2D eigenvalue weighted by molar-refractivity contribution is -0.114. The first-order valence-corrected chi connectivity index (χ1v) is 10.5. The van der Waals surface area contributed by atoms with Crippen molar-refractivity contribution in [1.29, 1.82) is 0 Å². The van der Waals surface area contributed by atoms with Gasteiger partial charge in [0.1, 0.15) is 6.29 Å². The van der Waals surface area contributed by atoms with Crippen LogP contribution in [0.5, 0.6) is 0 Å². The summed E-state index contributed by atoms with van der Waals surface area (Å²) in [6.07, 6.45) is 10.9. The third-order valence-corrected chi connectivity index (χ3v) is 5.46. The number of aldehydes is 1. The summed E-state index contributed by atoms with van der Waals surface area (Å²) in [6.45, 7) is 0. The molecule has 3 aromatic rings. The van der Waals surface area contributed by atoms with Crippen LogP contribution in [0.3, 0.4) is 0 Å². The van der Waals surface area contributed by atoms with Crippen LogP contribution in [0, 0.1) is 0 Å². The van der Waals surface area contributed by atoms with E-state index in [9.17, 15) is 9.59 Å². The molecule has 0 N–H and O–H groups in total. The van der Waals surface area contributed by atoms with Crippen LogP contribution in [-0.2, 0) is 11.2 Å². The van der Waals surface area contributed by atoms with Crippen LogP contribution in [-0.4, -0.2) is 12.1 Å². The summed E-state index contributed by atoms with van der Waals surface area (Å²) in [5.74, 6) is 0.0250. The Hall–Kier alpha value is -3.78. The highest BCUT2D eigenvalue weighted by atomic mass is 16.1. The smallest absolute Gasteiger partial charge is 0.166 e. The maximum Gasteiger partial charge on any atom is 0.166 e. The molecule has 0 bridgehead atoms. The number of carbonyl (C=O) groups is 2. The molecule has 0 saturated heterocycles. The van der Waals surface area contributed by atoms with E-state index >= 15 is 0 Å². The van der Waals surface area contributed by atoms with Gasteiger partial charge in [-0.1, -0.05) is 91.0 Å². The summed E-state index contributed by atoms with van der Waals surface area (Å²) in [6, 6.07) is 25.8. The first kappa shape index (κ1) is 20.5. The summed E-state index contributed by atoms with van der Waals surface area (Å²) in [4.78, 5) is 24.9. The second kappa shape index (κ2) is 9.82. The average Bonchev–Trinajstić information content (AvgIpc) is 2.80. The molecule has 1 aliphatic carbocycles. The van der Waals surface area contributed by atoms with Gasteiger partial charge in [-0.25, -0.2) is 0 Å². The number of hydrogen-bond donors (Lipinski definition) is 0. The van der Waals surface area contributed by atoms with Gasteiger partial charge in [-0.2, -0.15) is 0 Å². The lowest BCUT2D eigenvalue weighted by Gasteiger charge is -2.11. The maximum absolute atomic E-state index is 13.3. The minimum absolute atomic E-state index is 0.0250. The molecule has 0 atom stereocenters. The summed E-state index contributed by atoms with van der Waals surface area (Å²) < 4.78 is 0. The molecule has 31 heavy (non-hydrogen) atoms. The van der Waals surface area contributed by atoms with E-state index in [1.54, 1.807) is 6.07 Å². The van der Waals surface area contributed by atoms with Crippen molar-refractivity contribution in [2.24, 2.45) is 0 Å². The Morgan fingerprint density at radius 2 is 1.52 bits per heavy atom. The second-order valence-corrected chi connectivity index (χ2v) is 7.60. The summed E-state index contributed by atoms with van der Waals surface area (Å²) in [5, 5.41) is 0. The number of ketones is 1. The highest BCUT2D eigenvalue weighted by Crippen LogP contribution is 2.25. The molecule has 4 rings (SSSR count). The van der Waals surface area contributed by atoms with Gasteiger partial charge in [0, 0.05) is 17.6 Å². The van der Waals surface area contributed by atoms with Gasteiger partial charge in [0.25, 0.3) is 0 Å². The van der Waals surface area contributed by atoms with Gasteiger partial charge in [-0.3, -0.25) is 9.59 Å². The quantitative estimate of drug-likeness (QED) is 0.432. The van der Waals surface area contributed by atoms with E-state index in [0.29, 0.717) is 11.1 Å². The number of carbonyl (C=O) groups excluding carboxylic acids is 2. The van der Waals surface area contributed by atoms with Crippen molar-refractivity contribution in [3.05, 3.63) is 125 Å². The predicted octanol–water partition coefficient (Wildman–Crippen LogP) is 6.64. The van der Waals surface area contributed by atoms with E-state index in [1.165, 1.54) is 0 Å². The van der Waals surface area contributed by atoms with Crippen molar-refractivity contribution >= 4 is 17.6 Å². The van der Waals surface area contributed by atoms with Crippen LogP contribution in [0.4, 0.5) is 0 Å². The van der Waals surface area contributed by atoms with Crippen LogP contribution >= 0.6 is 0 Å². The molecule has 0 heterocycles. The monoisotopic (exact) mass is 404 g/mol. The van der Waals surface area contributed by atoms with Crippen LogP contribution in [0.2, 0.25) is 0 Å². The third kappa shape index (κ3) is 5.04. The standard InChI is InChI=1S/C29H24O2/c30-21-27-17-16-25(23-12-6-2-7-13-23)19-28(27)20-29(31)26-15-9-3-8-14-24(18-26)22-10-4-1-5-11-22/h1-2,4-8,10-19,21H,3,9,20H2/b14-8+,24-18?,26-15?. The van der Waals surface area contributed by atoms with Crippen molar-refractivity contribution in [2.45, 2.75) is 19.3 Å². The second-order valence-electron chi connectivity index (χ2n) is 7.60. The molecule has 0 radical (unpaired) electrons. The van der Waals surface area contributed by atoms with E-state index in [4.69, 9.17) is 0 Å². The molecule has 0 amide bonds. The number of allylic oxidation sites excluding steroid dienone is 6. The fraction of sp³-hybridized carbons (Fsp3) is 0.103. The molecule has 0 aliphatic heterocycles. The molecule has 152 valence electrons. The molecule has 2 heteroatoms. The van der Waals surface area contributed by atoms with Crippen LogP contribution in [0.15, 0.2) is 109 Å². The maximum atomic E-state index is 13.3. The van der Waals surface area contributed by atoms with Crippen LogP contribution in [0.25, 0.3) is 16.7 Å². The summed E-state index contributed by atoms with van der Waals surface area (Å²) in [7, 11) is 0. The van der Waals surface area contributed by atoms with Crippen molar-refractivity contribution in [2.75, 3.05) is 0 Å². The largest absolute Gasteiger partial charge is 0.298 e. The highest BCUT2D eigenvalue weighted by Gasteiger charge is 2.14. The number of hydrogen-bond acceptors (Lipinski definition) is 2. The van der Waals surface area contributed by atoms with Gasteiger partial charge in [0.2, 0.25) is 0 Å². The highest BCUT2D eigenvalue weighted by molar-refractivity contribution is 6.02. The van der Waals surface area contributed by atoms with Gasteiger partial charge in [0.05, 0.1) is 0 Å². The van der Waals surface area contributed by atoms with Crippen molar-refractivity contribution in [1.82, 2.24) is 0 Å². The minimum atomic E-state index is 0.0250. The van der Waals surface area contributed by atoms with E-state index in [-0.39, 0.29) is 12.2 Å². The molecule has 3 aromatic carbocycles. The first-order valence-electron chi connectivity index (χ1n) is 10.5. The molecule has 0 spiro atoms. The summed E-state index contributed by atoms with van der Waals surface area (Å²) >= 11 is 0. The minimum Gasteiger partial charge on any atom is -0.298 e. The van der Waals surface area contributed by atoms with Gasteiger partial charge in [0.15, 0.2) is 5.78 Å². The average molecular weight is 405 g/mol. The zero-order valence-corrected chi connectivity index (χ0v) is 17.3. The number of Topliss-reactive ketones (excluding diaryl/α,β-unsaturated/α-hetero) is 1. The Balaban J connectivity index is 1.65. The SMILES string of the molecule is O=Cc1ccc(-c2ccccc2)cc1CC(=O)C1=CCC/C=C/C(c2ccccc2)=C1. The van der Waals surface area contributed by atoms with E-state index in [0.717, 1.165) is 47.0 Å². The zero-order chi connectivity index (χ0) is 21.5. The van der Waals surface area contributed by atoms with E-state index in [1.807, 2.05) is 84.9 Å². The lowest BCUT2D eigenvalue weighted by Crippen LogP contribution is -2.08. The topological polar surface area (TPSA) is 34.1 Å². The van der Waals surface area contributed by atoms with Crippen LogP contribution in [0.1, 0.15) is 34.3 Å². The Labute approximate surface area is 183 Å². The molecular weight excluding hydrogens is 380 g/mol. The van der Waals surface area contributed by atoms with Gasteiger partial charge in [-0.15, -0.1) is 0 Å². The predicted molar refractivity (Wildman–Crippen MR) is 127 cm³/mol. The molecule has 1 aliphatic rings. The van der Waals surface area contributed by atoms with Crippen LogP contribution < -0.4 is 0 Å². The Morgan fingerprint density at radius 1 is 0.806 bits per heavy atom.